The van der Waals surface area contributed by atoms with E-state index in [0.717, 1.165) is 30.0 Å². The first-order valence-corrected chi connectivity index (χ1v) is 7.25. The Kier molecular flexibility index (Phi) is 5.28. The van der Waals surface area contributed by atoms with Crippen LogP contribution >= 0.6 is 0 Å². The number of nitrogens with one attached hydrogen (secondary N) is 1. The van der Waals surface area contributed by atoms with Crippen molar-refractivity contribution in [3.8, 4) is 0 Å². The van der Waals surface area contributed by atoms with Crippen LogP contribution in [0.2, 0.25) is 0 Å². The molecule has 3 nitrogen and oxygen atoms in total. The lowest BCUT2D eigenvalue weighted by Crippen LogP contribution is -2.22. The number of halogens is 1. The summed E-state index contributed by atoms with van der Waals surface area (Å²) in [5, 5.41) is 3.20. The predicted octanol–water partition coefficient (Wildman–Crippen LogP) is 3.85. The van der Waals surface area contributed by atoms with E-state index >= 15 is 0 Å². The van der Waals surface area contributed by atoms with E-state index in [1.165, 1.54) is 6.07 Å². The summed E-state index contributed by atoms with van der Waals surface area (Å²) in [4.78, 5) is 6.39. The van der Waals surface area contributed by atoms with Crippen LogP contribution < -0.4 is 5.32 Å². The number of pyridine rings is 1. The monoisotopic (exact) mass is 287 g/mol. The molecule has 1 atom stereocenters. The maximum atomic E-state index is 13.9. The van der Waals surface area contributed by atoms with Gasteiger partial charge in [-0.15, -0.1) is 0 Å². The Morgan fingerprint density at radius 2 is 2.05 bits per heavy atom. The summed E-state index contributed by atoms with van der Waals surface area (Å²) in [6, 6.07) is 11.0. The van der Waals surface area contributed by atoms with Crippen LogP contribution in [0, 0.1) is 5.82 Å². The molecule has 0 bridgehead atoms. The van der Waals surface area contributed by atoms with Crippen molar-refractivity contribution in [1.82, 2.24) is 9.88 Å². The maximum absolute atomic E-state index is 13.9. The molecule has 0 fully saturated rings. The Labute approximate surface area is 125 Å². The number of hydrogen-bond donors (Lipinski definition) is 1. The van der Waals surface area contributed by atoms with Gasteiger partial charge in [0.25, 0.3) is 0 Å². The van der Waals surface area contributed by atoms with Gasteiger partial charge < -0.3 is 5.32 Å². The maximum Gasteiger partial charge on any atom is 0.127 e. The van der Waals surface area contributed by atoms with Crippen molar-refractivity contribution in [1.29, 1.82) is 0 Å². The molecule has 112 valence electrons. The molecule has 0 saturated carbocycles. The smallest absolute Gasteiger partial charge is 0.127 e. The van der Waals surface area contributed by atoms with Gasteiger partial charge in [-0.2, -0.15) is 0 Å². The molecule has 1 N–H and O–H groups in total. The summed E-state index contributed by atoms with van der Waals surface area (Å²) in [6.45, 7) is 5.65. The summed E-state index contributed by atoms with van der Waals surface area (Å²) >= 11 is 0. The third kappa shape index (κ3) is 4.02. The van der Waals surface area contributed by atoms with Crippen molar-refractivity contribution >= 4 is 5.82 Å². The van der Waals surface area contributed by atoms with Gasteiger partial charge in [-0.05, 0) is 44.7 Å². The predicted molar refractivity (Wildman–Crippen MR) is 84.7 cm³/mol. The highest BCUT2D eigenvalue weighted by Gasteiger charge is 2.15. The van der Waals surface area contributed by atoms with Crippen LogP contribution in [0.5, 0.6) is 0 Å². The minimum atomic E-state index is -0.153. The summed E-state index contributed by atoms with van der Waals surface area (Å²) in [5.74, 6) is 0.724. The summed E-state index contributed by atoms with van der Waals surface area (Å²) in [5.41, 5.74) is 1.88. The molecular formula is C17H22FN3. The molecule has 0 aliphatic carbocycles. The molecule has 2 aromatic rings. The van der Waals surface area contributed by atoms with Gasteiger partial charge >= 0.3 is 0 Å². The van der Waals surface area contributed by atoms with Gasteiger partial charge in [-0.25, -0.2) is 9.37 Å². The molecule has 0 aliphatic heterocycles. The molecule has 0 radical (unpaired) electrons. The Morgan fingerprint density at radius 1 is 1.29 bits per heavy atom. The molecule has 4 heteroatoms. The quantitative estimate of drug-likeness (QED) is 0.875. The molecule has 21 heavy (non-hydrogen) atoms. The summed E-state index contributed by atoms with van der Waals surface area (Å²) in [6.07, 6.45) is 1.80. The Balaban J connectivity index is 2.09. The fraction of sp³-hybridized carbons (Fsp3) is 0.353. The molecule has 0 amide bonds. The van der Waals surface area contributed by atoms with Gasteiger partial charge in [0.05, 0.1) is 0 Å². The minimum absolute atomic E-state index is 0.0157. The van der Waals surface area contributed by atoms with E-state index in [-0.39, 0.29) is 11.9 Å². The number of aromatic nitrogens is 1. The van der Waals surface area contributed by atoms with Crippen molar-refractivity contribution in [2.24, 2.45) is 0 Å². The van der Waals surface area contributed by atoms with Crippen LogP contribution in [0.1, 0.15) is 31.0 Å². The molecule has 1 aromatic carbocycles. The third-order valence-electron chi connectivity index (χ3n) is 3.63. The van der Waals surface area contributed by atoms with Crippen LogP contribution in [-0.4, -0.2) is 23.5 Å². The highest BCUT2D eigenvalue weighted by molar-refractivity contribution is 5.37. The second-order valence-corrected chi connectivity index (χ2v) is 5.19. The normalized spacial score (nSPS) is 12.4. The van der Waals surface area contributed by atoms with Crippen molar-refractivity contribution in [2.45, 2.75) is 26.4 Å². The number of nitrogens with zero attached hydrogens (tertiary/aromatic N) is 2. The fourth-order valence-corrected chi connectivity index (χ4v) is 2.33. The van der Waals surface area contributed by atoms with Crippen molar-refractivity contribution in [3.63, 3.8) is 0 Å². The molecular weight excluding hydrogens is 265 g/mol. The van der Waals surface area contributed by atoms with Crippen LogP contribution in [0.4, 0.5) is 10.2 Å². The largest absolute Gasteiger partial charge is 0.370 e. The van der Waals surface area contributed by atoms with Crippen LogP contribution in [0.3, 0.4) is 0 Å². The average Bonchev–Trinajstić information content (AvgIpc) is 2.48. The zero-order valence-electron chi connectivity index (χ0n) is 12.8. The molecule has 1 aromatic heterocycles. The van der Waals surface area contributed by atoms with E-state index in [4.69, 9.17) is 0 Å². The number of hydrogen-bond acceptors (Lipinski definition) is 3. The lowest BCUT2D eigenvalue weighted by atomic mass is 10.1. The van der Waals surface area contributed by atoms with E-state index < -0.39 is 0 Å². The second-order valence-electron chi connectivity index (χ2n) is 5.19. The van der Waals surface area contributed by atoms with Crippen molar-refractivity contribution < 1.29 is 4.39 Å². The summed E-state index contributed by atoms with van der Waals surface area (Å²) in [7, 11) is 2.00. The average molecular weight is 287 g/mol. The molecule has 0 spiro atoms. The van der Waals surface area contributed by atoms with Gasteiger partial charge in [-0.3, -0.25) is 4.90 Å². The first kappa shape index (κ1) is 15.4. The zero-order chi connectivity index (χ0) is 15.2. The van der Waals surface area contributed by atoms with Crippen molar-refractivity contribution in [3.05, 3.63) is 59.5 Å². The SMILES string of the molecule is CCNc1cc(CN(C)C(C)c2ccccc2F)ccn1. The third-order valence-corrected chi connectivity index (χ3v) is 3.63. The van der Waals surface area contributed by atoms with Gasteiger partial charge in [0.2, 0.25) is 0 Å². The molecule has 0 saturated heterocycles. The standard InChI is InChI=1S/C17H22FN3/c1-4-19-17-11-14(9-10-20-17)12-21(3)13(2)15-7-5-6-8-16(15)18/h5-11,13H,4,12H2,1-3H3,(H,19,20). The van der Waals surface area contributed by atoms with Crippen LogP contribution in [-0.2, 0) is 6.54 Å². The van der Waals surface area contributed by atoms with Crippen LogP contribution in [0.25, 0.3) is 0 Å². The van der Waals surface area contributed by atoms with E-state index in [9.17, 15) is 4.39 Å². The Bertz CT molecular complexity index is 586. The highest BCUT2D eigenvalue weighted by atomic mass is 19.1. The lowest BCUT2D eigenvalue weighted by Gasteiger charge is -2.25. The molecule has 1 heterocycles. The molecule has 2 rings (SSSR count). The number of rotatable bonds is 6. The van der Waals surface area contributed by atoms with Gasteiger partial charge in [0, 0.05) is 30.9 Å². The van der Waals surface area contributed by atoms with Gasteiger partial charge in [0.15, 0.2) is 0 Å². The van der Waals surface area contributed by atoms with E-state index in [0.29, 0.717) is 0 Å². The lowest BCUT2D eigenvalue weighted by molar-refractivity contribution is 0.248. The number of anilines is 1. The highest BCUT2D eigenvalue weighted by Crippen LogP contribution is 2.23. The molecule has 1 unspecified atom stereocenters. The Hall–Kier alpha value is -1.94. The topological polar surface area (TPSA) is 28.2 Å². The Morgan fingerprint density at radius 3 is 2.76 bits per heavy atom. The number of benzene rings is 1. The minimum Gasteiger partial charge on any atom is -0.370 e. The van der Waals surface area contributed by atoms with Crippen LogP contribution in [0.15, 0.2) is 42.6 Å². The van der Waals surface area contributed by atoms with E-state index in [1.54, 1.807) is 12.3 Å². The van der Waals surface area contributed by atoms with Gasteiger partial charge in [0.1, 0.15) is 11.6 Å². The van der Waals surface area contributed by atoms with E-state index in [1.807, 2.05) is 45.2 Å². The fourth-order valence-electron chi connectivity index (χ4n) is 2.33. The summed E-state index contributed by atoms with van der Waals surface area (Å²) < 4.78 is 13.9. The zero-order valence-corrected chi connectivity index (χ0v) is 12.8. The second kappa shape index (κ2) is 7.18. The van der Waals surface area contributed by atoms with Gasteiger partial charge in [-0.1, -0.05) is 18.2 Å². The first-order valence-electron chi connectivity index (χ1n) is 7.25. The van der Waals surface area contributed by atoms with Crippen molar-refractivity contribution in [2.75, 3.05) is 18.9 Å². The van der Waals surface area contributed by atoms with E-state index in [2.05, 4.69) is 15.2 Å². The molecule has 0 aliphatic rings. The first-order chi connectivity index (χ1) is 10.1.